The quantitative estimate of drug-likeness (QED) is 0.764. The largest absolute Gasteiger partial charge is 0.327 e. The van der Waals surface area contributed by atoms with Gasteiger partial charge in [0.15, 0.2) is 0 Å². The molecule has 2 saturated heterocycles. The normalized spacial score (nSPS) is 22.6. The van der Waals surface area contributed by atoms with Crippen molar-refractivity contribution in [2.75, 3.05) is 31.1 Å². The van der Waals surface area contributed by atoms with Crippen molar-refractivity contribution >= 4 is 27.7 Å². The van der Waals surface area contributed by atoms with Crippen LogP contribution < -0.4 is 0 Å². The highest BCUT2D eigenvalue weighted by Gasteiger charge is 2.47. The van der Waals surface area contributed by atoms with Crippen LogP contribution in [0, 0.1) is 5.92 Å². The topological polar surface area (TPSA) is 57.7 Å². The van der Waals surface area contributed by atoms with E-state index >= 15 is 0 Å². The molecule has 5 nitrogen and oxygen atoms in total. The minimum Gasteiger partial charge on any atom is -0.327 e. The number of piperidine rings is 1. The van der Waals surface area contributed by atoms with Crippen molar-refractivity contribution in [1.29, 1.82) is 0 Å². The van der Waals surface area contributed by atoms with Gasteiger partial charge in [0.25, 0.3) is 0 Å². The Morgan fingerprint density at radius 1 is 1.23 bits per heavy atom. The standard InChI is InChI=1S/C15H28N2O3S2/c1-4-5-12-22(19,20)16-8-6-15(7-9-16)17(10-11-21-15)14(18)13(2)3/h13H,4-12H2,1-3H3. The summed E-state index contributed by atoms with van der Waals surface area (Å²) < 4.78 is 26.2. The number of carbonyl (C=O) groups excluding carboxylic acids is 1. The summed E-state index contributed by atoms with van der Waals surface area (Å²) in [5.41, 5.74) is 0. The van der Waals surface area contributed by atoms with Crippen molar-refractivity contribution in [3.63, 3.8) is 0 Å². The second kappa shape index (κ2) is 7.09. The fourth-order valence-electron chi connectivity index (χ4n) is 3.22. The molecular weight excluding hydrogens is 320 g/mol. The molecule has 0 bridgehead atoms. The first-order chi connectivity index (χ1) is 10.3. The van der Waals surface area contributed by atoms with E-state index in [4.69, 9.17) is 0 Å². The molecule has 1 amide bonds. The van der Waals surface area contributed by atoms with Crippen LogP contribution in [0.2, 0.25) is 0 Å². The van der Waals surface area contributed by atoms with Gasteiger partial charge < -0.3 is 4.90 Å². The monoisotopic (exact) mass is 348 g/mol. The summed E-state index contributed by atoms with van der Waals surface area (Å²) in [6.45, 7) is 7.75. The molecule has 2 rings (SSSR count). The second-order valence-corrected chi connectivity index (χ2v) is 10.1. The Balaban J connectivity index is 2.03. The van der Waals surface area contributed by atoms with Crippen LogP contribution in [-0.4, -0.2) is 59.5 Å². The lowest BCUT2D eigenvalue weighted by Gasteiger charge is -2.44. The Morgan fingerprint density at radius 2 is 1.86 bits per heavy atom. The Hall–Kier alpha value is -0.270. The van der Waals surface area contributed by atoms with Gasteiger partial charge in [-0.15, -0.1) is 11.8 Å². The molecule has 0 unspecified atom stereocenters. The van der Waals surface area contributed by atoms with Gasteiger partial charge in [0.2, 0.25) is 15.9 Å². The summed E-state index contributed by atoms with van der Waals surface area (Å²) in [4.78, 5) is 14.3. The summed E-state index contributed by atoms with van der Waals surface area (Å²) in [7, 11) is -3.13. The van der Waals surface area contributed by atoms with Gasteiger partial charge in [-0.25, -0.2) is 12.7 Å². The number of hydrogen-bond acceptors (Lipinski definition) is 4. The molecule has 2 heterocycles. The van der Waals surface area contributed by atoms with Crippen molar-refractivity contribution in [3.8, 4) is 0 Å². The first-order valence-electron chi connectivity index (χ1n) is 8.25. The van der Waals surface area contributed by atoms with Gasteiger partial charge in [0.1, 0.15) is 0 Å². The number of unbranched alkanes of at least 4 members (excludes halogenated alkanes) is 1. The van der Waals surface area contributed by atoms with Gasteiger partial charge in [-0.1, -0.05) is 27.2 Å². The van der Waals surface area contributed by atoms with E-state index in [0.717, 1.165) is 38.0 Å². The molecule has 2 aliphatic heterocycles. The summed E-state index contributed by atoms with van der Waals surface area (Å²) in [6.07, 6.45) is 3.11. The fraction of sp³-hybridized carbons (Fsp3) is 0.933. The van der Waals surface area contributed by atoms with E-state index in [1.165, 1.54) is 0 Å². The zero-order valence-corrected chi connectivity index (χ0v) is 15.5. The van der Waals surface area contributed by atoms with Gasteiger partial charge in [-0.05, 0) is 19.3 Å². The first-order valence-corrected chi connectivity index (χ1v) is 10.8. The molecule has 0 aliphatic carbocycles. The zero-order valence-electron chi connectivity index (χ0n) is 13.9. The molecule has 0 N–H and O–H groups in total. The molecule has 1 spiro atoms. The van der Waals surface area contributed by atoms with Crippen LogP contribution in [0.3, 0.4) is 0 Å². The number of nitrogens with zero attached hydrogens (tertiary/aromatic N) is 2. The van der Waals surface area contributed by atoms with Crippen LogP contribution in [-0.2, 0) is 14.8 Å². The van der Waals surface area contributed by atoms with E-state index in [0.29, 0.717) is 13.1 Å². The third kappa shape index (κ3) is 3.62. The third-order valence-electron chi connectivity index (χ3n) is 4.59. The van der Waals surface area contributed by atoms with Crippen molar-refractivity contribution in [1.82, 2.24) is 9.21 Å². The average molecular weight is 349 g/mol. The number of hydrogen-bond donors (Lipinski definition) is 0. The van der Waals surface area contributed by atoms with Crippen molar-refractivity contribution < 1.29 is 13.2 Å². The van der Waals surface area contributed by atoms with Crippen LogP contribution >= 0.6 is 11.8 Å². The van der Waals surface area contributed by atoms with Gasteiger partial charge in [0.05, 0.1) is 10.6 Å². The van der Waals surface area contributed by atoms with Gasteiger partial charge in [-0.2, -0.15) is 0 Å². The highest BCUT2D eigenvalue weighted by atomic mass is 32.2. The third-order valence-corrected chi connectivity index (χ3v) is 8.10. The fourth-order valence-corrected chi connectivity index (χ4v) is 6.33. The van der Waals surface area contributed by atoms with Crippen LogP contribution in [0.5, 0.6) is 0 Å². The summed E-state index contributed by atoms with van der Waals surface area (Å²) >= 11 is 1.83. The molecule has 2 aliphatic rings. The molecule has 128 valence electrons. The van der Waals surface area contributed by atoms with Crippen LogP contribution in [0.15, 0.2) is 0 Å². The number of thioether (sulfide) groups is 1. The molecule has 0 radical (unpaired) electrons. The minimum absolute atomic E-state index is 0.00175. The van der Waals surface area contributed by atoms with E-state index in [9.17, 15) is 13.2 Å². The summed E-state index contributed by atoms with van der Waals surface area (Å²) in [6, 6.07) is 0. The molecule has 0 saturated carbocycles. The van der Waals surface area contributed by atoms with Crippen molar-refractivity contribution in [3.05, 3.63) is 0 Å². The lowest BCUT2D eigenvalue weighted by Crippen LogP contribution is -2.54. The average Bonchev–Trinajstić information content (AvgIpc) is 2.88. The van der Waals surface area contributed by atoms with Crippen LogP contribution in [0.25, 0.3) is 0 Å². The van der Waals surface area contributed by atoms with Crippen LogP contribution in [0.4, 0.5) is 0 Å². The maximum atomic E-state index is 12.4. The molecule has 22 heavy (non-hydrogen) atoms. The smallest absolute Gasteiger partial charge is 0.226 e. The SMILES string of the molecule is CCCCS(=O)(=O)N1CCC2(CC1)SCCN2C(=O)C(C)C. The van der Waals surface area contributed by atoms with Gasteiger partial charge in [-0.3, -0.25) is 4.79 Å². The number of rotatable bonds is 5. The van der Waals surface area contributed by atoms with Crippen molar-refractivity contribution in [2.24, 2.45) is 5.92 Å². The lowest BCUT2D eigenvalue weighted by atomic mass is 10.0. The number of sulfonamides is 1. The van der Waals surface area contributed by atoms with E-state index in [1.807, 2.05) is 37.4 Å². The summed E-state index contributed by atoms with van der Waals surface area (Å²) in [5, 5.41) is 0. The van der Waals surface area contributed by atoms with E-state index in [-0.39, 0.29) is 22.4 Å². The molecule has 0 aromatic carbocycles. The van der Waals surface area contributed by atoms with Crippen LogP contribution in [0.1, 0.15) is 46.5 Å². The lowest BCUT2D eigenvalue weighted by molar-refractivity contribution is -0.137. The minimum atomic E-state index is -3.13. The molecule has 0 aromatic heterocycles. The Bertz CT molecular complexity index is 497. The van der Waals surface area contributed by atoms with Crippen molar-refractivity contribution in [2.45, 2.75) is 51.3 Å². The highest BCUT2D eigenvalue weighted by molar-refractivity contribution is 8.00. The zero-order chi connectivity index (χ0) is 16.4. The predicted octanol–water partition coefficient (Wildman–Crippen LogP) is 2.14. The molecule has 7 heteroatoms. The van der Waals surface area contributed by atoms with E-state index in [2.05, 4.69) is 0 Å². The molecular formula is C15H28N2O3S2. The van der Waals surface area contributed by atoms with Gasteiger partial charge in [0, 0.05) is 31.3 Å². The van der Waals surface area contributed by atoms with E-state index in [1.54, 1.807) is 4.31 Å². The van der Waals surface area contributed by atoms with E-state index < -0.39 is 10.0 Å². The number of carbonyl (C=O) groups is 1. The molecule has 0 aromatic rings. The maximum Gasteiger partial charge on any atom is 0.226 e. The molecule has 0 atom stereocenters. The predicted molar refractivity (Wildman–Crippen MR) is 91.2 cm³/mol. The second-order valence-electron chi connectivity index (χ2n) is 6.51. The Kier molecular flexibility index (Phi) is 5.83. The number of amides is 1. The maximum absolute atomic E-state index is 12.4. The van der Waals surface area contributed by atoms with Gasteiger partial charge >= 0.3 is 0 Å². The molecule has 2 fully saturated rings. The Morgan fingerprint density at radius 3 is 2.41 bits per heavy atom. The first kappa shape index (κ1) is 18.1. The highest BCUT2D eigenvalue weighted by Crippen LogP contribution is 2.44. The Labute approximate surface area is 138 Å². The summed E-state index contributed by atoms with van der Waals surface area (Å²) in [5.74, 6) is 1.41.